The summed E-state index contributed by atoms with van der Waals surface area (Å²) in [6, 6.07) is 2.07. The van der Waals surface area contributed by atoms with Crippen LogP contribution >= 0.6 is 11.6 Å². The smallest absolute Gasteiger partial charge is 0.399 e. The van der Waals surface area contributed by atoms with Gasteiger partial charge in [0, 0.05) is 17.0 Å². The average molecular weight is 417 g/mol. The summed E-state index contributed by atoms with van der Waals surface area (Å²) in [6.45, 7) is 11.4. The topological polar surface area (TPSA) is 45.5 Å². The molecule has 2 saturated heterocycles. The van der Waals surface area contributed by atoms with Gasteiger partial charge in [0.1, 0.15) is 0 Å². The van der Waals surface area contributed by atoms with Crippen molar-refractivity contribution in [1.82, 2.24) is 9.78 Å². The minimum absolute atomic E-state index is 0.0332. The molecular formula is C22H30BClN2O3. The second kappa shape index (κ2) is 6.71. The number of rotatable bonds is 3. The van der Waals surface area contributed by atoms with Gasteiger partial charge < -0.3 is 14.0 Å². The molecule has 1 aromatic carbocycles. The van der Waals surface area contributed by atoms with E-state index < -0.39 is 18.3 Å². The Morgan fingerprint density at radius 2 is 1.86 bits per heavy atom. The number of aromatic nitrogens is 2. The minimum Gasteiger partial charge on any atom is -0.399 e. The number of fused-ring (bicyclic) bond motifs is 1. The van der Waals surface area contributed by atoms with Gasteiger partial charge in [-0.15, -0.1) is 0 Å². The quantitative estimate of drug-likeness (QED) is 0.673. The fraction of sp³-hybridized carbons (Fsp3) is 0.682. The van der Waals surface area contributed by atoms with Gasteiger partial charge >= 0.3 is 7.12 Å². The predicted molar refractivity (Wildman–Crippen MR) is 116 cm³/mol. The first-order valence-corrected chi connectivity index (χ1v) is 11.2. The van der Waals surface area contributed by atoms with E-state index in [2.05, 4.69) is 40.7 Å². The zero-order valence-electron chi connectivity index (χ0n) is 18.0. The lowest BCUT2D eigenvalue weighted by molar-refractivity contribution is -0.0366. The van der Waals surface area contributed by atoms with Gasteiger partial charge in [0.15, 0.2) is 6.23 Å². The van der Waals surface area contributed by atoms with Gasteiger partial charge in [-0.25, -0.2) is 4.68 Å². The standard InChI is InChI=1S/C22H30BClN2O3/c1-13-10-14(13)19-16(24)11-17-15(12-25-26(17)18-8-6-7-9-27-18)20(19)23-28-21(2,3)22(4,5)29-23/h11-14,18H,6-10H2,1-5H3/t13-,14+,18?/m1/s1. The van der Waals surface area contributed by atoms with Crippen molar-refractivity contribution in [2.75, 3.05) is 6.61 Å². The van der Waals surface area contributed by atoms with E-state index in [4.69, 9.17) is 30.7 Å². The summed E-state index contributed by atoms with van der Waals surface area (Å²) in [6.07, 6.45) is 6.30. The first-order valence-electron chi connectivity index (χ1n) is 10.9. The number of nitrogens with zero attached hydrogens (tertiary/aromatic N) is 2. The maximum atomic E-state index is 6.90. The van der Waals surface area contributed by atoms with Crippen molar-refractivity contribution in [2.45, 2.75) is 83.6 Å². The van der Waals surface area contributed by atoms with E-state index in [9.17, 15) is 0 Å². The molecule has 0 spiro atoms. The SMILES string of the molecule is C[C@@H]1C[C@@H]1c1c(Cl)cc2c(cnn2C2CCCCO2)c1B1OC(C)(C)C(C)(C)O1. The molecular weight excluding hydrogens is 387 g/mol. The third-order valence-corrected chi connectivity index (χ3v) is 7.65. The molecule has 156 valence electrons. The van der Waals surface area contributed by atoms with Crippen molar-refractivity contribution in [3.05, 3.63) is 22.8 Å². The van der Waals surface area contributed by atoms with Crippen LogP contribution in [0.3, 0.4) is 0 Å². The van der Waals surface area contributed by atoms with Crippen molar-refractivity contribution >= 4 is 35.1 Å². The molecule has 1 unspecified atom stereocenters. The molecule has 3 aliphatic rings. The predicted octanol–water partition coefficient (Wildman–Crippen LogP) is 4.81. The molecule has 3 atom stereocenters. The van der Waals surface area contributed by atoms with Crippen molar-refractivity contribution in [1.29, 1.82) is 0 Å². The van der Waals surface area contributed by atoms with Gasteiger partial charge in [0.2, 0.25) is 0 Å². The first-order chi connectivity index (χ1) is 13.7. The summed E-state index contributed by atoms with van der Waals surface area (Å²) >= 11 is 6.90. The Hall–Kier alpha value is -1.08. The Labute approximate surface area is 178 Å². The van der Waals surface area contributed by atoms with Crippen molar-refractivity contribution < 1.29 is 14.0 Å². The van der Waals surface area contributed by atoms with Crippen molar-refractivity contribution in [3.8, 4) is 0 Å². The molecule has 1 aliphatic carbocycles. The number of ether oxygens (including phenoxy) is 1. The number of hydrogen-bond acceptors (Lipinski definition) is 4. The van der Waals surface area contributed by atoms with Crippen LogP contribution in [0.15, 0.2) is 12.3 Å². The highest BCUT2D eigenvalue weighted by molar-refractivity contribution is 6.66. The molecule has 5 rings (SSSR count). The van der Waals surface area contributed by atoms with E-state index in [-0.39, 0.29) is 6.23 Å². The first kappa shape index (κ1) is 19.9. The van der Waals surface area contributed by atoms with E-state index in [1.165, 1.54) is 5.56 Å². The highest BCUT2D eigenvalue weighted by Gasteiger charge is 2.54. The maximum absolute atomic E-state index is 6.90. The molecule has 5 nitrogen and oxygen atoms in total. The zero-order chi connectivity index (χ0) is 20.6. The van der Waals surface area contributed by atoms with Crippen LogP contribution in [-0.2, 0) is 14.0 Å². The summed E-state index contributed by atoms with van der Waals surface area (Å²) < 4.78 is 20.9. The molecule has 7 heteroatoms. The molecule has 2 aliphatic heterocycles. The van der Waals surface area contributed by atoms with Crippen LogP contribution in [0, 0.1) is 5.92 Å². The van der Waals surface area contributed by atoms with Crippen LogP contribution < -0.4 is 5.46 Å². The van der Waals surface area contributed by atoms with E-state index >= 15 is 0 Å². The molecule has 0 N–H and O–H groups in total. The van der Waals surface area contributed by atoms with Crippen LogP contribution in [-0.4, -0.2) is 34.7 Å². The molecule has 3 fully saturated rings. The lowest BCUT2D eigenvalue weighted by Gasteiger charge is -2.32. The second-order valence-electron chi connectivity index (χ2n) is 9.94. The average Bonchev–Trinajstić information content (AvgIpc) is 3.14. The molecule has 0 amide bonds. The van der Waals surface area contributed by atoms with E-state index in [1.807, 2.05) is 10.9 Å². The highest BCUT2D eigenvalue weighted by atomic mass is 35.5. The fourth-order valence-corrected chi connectivity index (χ4v) is 5.00. The molecule has 0 radical (unpaired) electrons. The van der Waals surface area contributed by atoms with E-state index in [0.29, 0.717) is 11.8 Å². The Morgan fingerprint density at radius 3 is 2.45 bits per heavy atom. The zero-order valence-corrected chi connectivity index (χ0v) is 18.8. The van der Waals surface area contributed by atoms with E-state index in [0.717, 1.165) is 53.7 Å². The Bertz CT molecular complexity index is 935. The molecule has 1 aromatic heterocycles. The molecule has 2 aromatic rings. The summed E-state index contributed by atoms with van der Waals surface area (Å²) in [5.41, 5.74) is 2.43. The Balaban J connectivity index is 1.67. The summed E-state index contributed by atoms with van der Waals surface area (Å²) in [4.78, 5) is 0. The third kappa shape index (κ3) is 3.15. The molecule has 29 heavy (non-hydrogen) atoms. The van der Waals surface area contributed by atoms with E-state index in [1.54, 1.807) is 0 Å². The van der Waals surface area contributed by atoms with Crippen LogP contribution in [0.2, 0.25) is 5.02 Å². The molecule has 1 saturated carbocycles. The minimum atomic E-state index is -0.450. The van der Waals surface area contributed by atoms with Gasteiger partial charge in [-0.1, -0.05) is 18.5 Å². The summed E-state index contributed by atoms with van der Waals surface area (Å²) in [5.74, 6) is 1.08. The second-order valence-corrected chi connectivity index (χ2v) is 10.3. The van der Waals surface area contributed by atoms with Gasteiger partial charge in [0.05, 0.1) is 22.9 Å². The molecule has 3 heterocycles. The van der Waals surface area contributed by atoms with Gasteiger partial charge in [0.25, 0.3) is 0 Å². The van der Waals surface area contributed by atoms with Crippen molar-refractivity contribution in [3.63, 3.8) is 0 Å². The number of hydrogen-bond donors (Lipinski definition) is 0. The Morgan fingerprint density at radius 1 is 1.17 bits per heavy atom. The summed E-state index contributed by atoms with van der Waals surface area (Å²) in [5, 5.41) is 6.58. The number of benzene rings is 1. The van der Waals surface area contributed by atoms with Crippen LogP contribution in [0.1, 0.15) is 78.0 Å². The maximum Gasteiger partial charge on any atom is 0.495 e. The summed E-state index contributed by atoms with van der Waals surface area (Å²) in [7, 11) is -0.450. The number of halogens is 1. The lowest BCUT2D eigenvalue weighted by Crippen LogP contribution is -2.41. The highest BCUT2D eigenvalue weighted by Crippen LogP contribution is 2.50. The Kier molecular flexibility index (Phi) is 4.60. The van der Waals surface area contributed by atoms with Crippen LogP contribution in [0.5, 0.6) is 0 Å². The normalized spacial score (nSPS) is 30.8. The monoisotopic (exact) mass is 416 g/mol. The largest absolute Gasteiger partial charge is 0.495 e. The van der Waals surface area contributed by atoms with Gasteiger partial charge in [-0.05, 0) is 82.3 Å². The van der Waals surface area contributed by atoms with Gasteiger partial charge in [-0.2, -0.15) is 5.10 Å². The fourth-order valence-electron chi connectivity index (χ4n) is 4.66. The van der Waals surface area contributed by atoms with Gasteiger partial charge in [-0.3, -0.25) is 0 Å². The lowest BCUT2D eigenvalue weighted by atomic mass is 9.72. The van der Waals surface area contributed by atoms with Crippen molar-refractivity contribution in [2.24, 2.45) is 5.92 Å². The molecule has 0 bridgehead atoms. The van der Waals surface area contributed by atoms with Crippen LogP contribution in [0.25, 0.3) is 10.9 Å². The van der Waals surface area contributed by atoms with Crippen LogP contribution in [0.4, 0.5) is 0 Å². The third-order valence-electron chi connectivity index (χ3n) is 7.33.